The van der Waals surface area contributed by atoms with Crippen LogP contribution in [0.1, 0.15) is 133 Å². The van der Waals surface area contributed by atoms with Crippen molar-refractivity contribution in [3.8, 4) is 0 Å². The van der Waals surface area contributed by atoms with E-state index in [0.717, 1.165) is 0 Å². The second-order valence-electron chi connectivity index (χ2n) is 19.1. The summed E-state index contributed by atoms with van der Waals surface area (Å²) in [5.74, 6) is -8.72. The number of hydrogen-bond acceptors (Lipinski definition) is 13. The Morgan fingerprint density at radius 2 is 1.57 bits per heavy atom. The van der Waals surface area contributed by atoms with Crippen LogP contribution in [0, 0.1) is 41.4 Å². The second kappa shape index (κ2) is 19.3. The highest BCUT2D eigenvalue weighted by Gasteiger charge is 2.63. The third-order valence-corrected chi connectivity index (χ3v) is 15.5. The predicted octanol–water partition coefficient (Wildman–Crippen LogP) is 5.85. The molecule has 0 aliphatic carbocycles. The van der Waals surface area contributed by atoms with E-state index in [0.29, 0.717) is 64.2 Å². The first-order chi connectivity index (χ1) is 28.4. The number of aliphatic carboxylic acids is 1. The smallest absolute Gasteiger partial charge is 0.470 e. The molecule has 5 rings (SSSR count). The maximum atomic E-state index is 14.9. The molecule has 4 saturated heterocycles. The maximum absolute atomic E-state index is 14.9. The largest absolute Gasteiger partial charge is 0.481 e. The van der Waals surface area contributed by atoms with Gasteiger partial charge in [-0.25, -0.2) is 9.36 Å². The van der Waals surface area contributed by atoms with Crippen molar-refractivity contribution in [3.63, 3.8) is 0 Å². The zero-order valence-corrected chi connectivity index (χ0v) is 38.6. The van der Waals surface area contributed by atoms with Gasteiger partial charge in [0.1, 0.15) is 18.0 Å². The third-order valence-electron chi connectivity index (χ3n) is 15.0. The first kappa shape index (κ1) is 50.2. The highest BCUT2D eigenvalue weighted by molar-refractivity contribution is 7.46. The first-order valence-electron chi connectivity index (χ1n) is 22.5. The number of phosphoric ester groups is 1. The molecule has 350 valence electrons. The molecule has 0 aromatic rings. The summed E-state index contributed by atoms with van der Waals surface area (Å²) in [7, 11) is -5.03. The van der Waals surface area contributed by atoms with Crippen LogP contribution >= 0.6 is 7.82 Å². The van der Waals surface area contributed by atoms with Crippen LogP contribution in [-0.2, 0) is 51.9 Å². The molecule has 5 N–H and O–H groups in total. The van der Waals surface area contributed by atoms with E-state index in [4.69, 9.17) is 28.4 Å². The molecule has 0 bridgehead atoms. The minimum absolute atomic E-state index is 0.0948. The number of carbonyl (C=O) groups excluding carboxylic acids is 2. The molecule has 5 aliphatic heterocycles. The quantitative estimate of drug-likeness (QED) is 0.0695. The standard InChI is InChI=1S/C44H73O16P/c1-11-30(40(48)49)32-15-14-24(4)37(56-32)28(8)39(57-35(46)23-54-61(51,52)53)27(7)36(47)31(12-2)38-25(5)22-26(6)43(58-38)19-16-33(45)44(60-43)21-20-41(10,59-44)34-17-18-42(50,13-3)29(9)55-34/h16,19,24-34,37-39,45,50H,11-15,17-18,20-23H2,1-10H3,(H,48,49)(H2,51,52,53)/t24-,25+,26-,27+,28+,29+,30+,31?,32?,33-,34-,37+,38+,39+,41+,42-,43-,44-/m1/s1. The molecule has 0 aromatic carbocycles. The number of aliphatic hydroxyl groups excluding tert-OH is 1. The number of carboxylic acid groups (broad SMARTS) is 1. The van der Waals surface area contributed by atoms with E-state index in [2.05, 4.69) is 4.52 Å². The van der Waals surface area contributed by atoms with Gasteiger partial charge in [0.2, 0.25) is 5.79 Å². The molecule has 2 spiro atoms. The summed E-state index contributed by atoms with van der Waals surface area (Å²) in [6.45, 7) is 17.8. The summed E-state index contributed by atoms with van der Waals surface area (Å²) >= 11 is 0. The summed E-state index contributed by atoms with van der Waals surface area (Å²) in [5.41, 5.74) is -1.76. The highest BCUT2D eigenvalue weighted by Crippen LogP contribution is 2.54. The van der Waals surface area contributed by atoms with Gasteiger partial charge in [-0.05, 0) is 95.6 Å². The predicted molar refractivity (Wildman–Crippen MR) is 221 cm³/mol. The zero-order chi connectivity index (χ0) is 45.5. The number of carboxylic acids is 1. The molecule has 0 amide bonds. The van der Waals surface area contributed by atoms with E-state index < -0.39 is 109 Å². The van der Waals surface area contributed by atoms with Gasteiger partial charge in [-0.1, -0.05) is 55.4 Å². The average molecular weight is 889 g/mol. The summed E-state index contributed by atoms with van der Waals surface area (Å²) < 4.78 is 55.4. The van der Waals surface area contributed by atoms with Gasteiger partial charge in [0.05, 0.1) is 53.6 Å². The normalized spacial score (nSPS) is 41.8. The van der Waals surface area contributed by atoms with E-state index in [1.807, 2.05) is 48.5 Å². The Hall–Kier alpha value is -1.82. The number of rotatable bonds is 16. The van der Waals surface area contributed by atoms with Gasteiger partial charge >= 0.3 is 19.8 Å². The first-order valence-corrected chi connectivity index (χ1v) is 24.1. The van der Waals surface area contributed by atoms with Crippen molar-refractivity contribution in [2.75, 3.05) is 6.61 Å². The molecule has 16 nitrogen and oxygen atoms in total. The fraction of sp³-hybridized carbons (Fsp3) is 0.886. The van der Waals surface area contributed by atoms with Crippen molar-refractivity contribution in [2.45, 2.75) is 199 Å². The van der Waals surface area contributed by atoms with E-state index in [1.165, 1.54) is 0 Å². The van der Waals surface area contributed by atoms with Crippen LogP contribution in [0.25, 0.3) is 0 Å². The molecule has 5 heterocycles. The number of Topliss-reactive ketones (excluding diaryl/α,β-unsaturated/α-hetero) is 1. The molecule has 18 atom stereocenters. The van der Waals surface area contributed by atoms with Gasteiger partial charge in [-0.3, -0.25) is 14.1 Å². The van der Waals surface area contributed by atoms with Crippen LogP contribution in [0.5, 0.6) is 0 Å². The van der Waals surface area contributed by atoms with Gasteiger partial charge in [-0.15, -0.1) is 0 Å². The Labute approximate surface area is 361 Å². The van der Waals surface area contributed by atoms with Crippen molar-refractivity contribution >= 4 is 25.5 Å². The molecular weight excluding hydrogens is 815 g/mol. The molecule has 0 aromatic heterocycles. The van der Waals surface area contributed by atoms with Crippen LogP contribution in [-0.4, -0.2) is 115 Å². The highest BCUT2D eigenvalue weighted by atomic mass is 31.2. The van der Waals surface area contributed by atoms with Gasteiger partial charge in [0.25, 0.3) is 0 Å². The van der Waals surface area contributed by atoms with E-state index >= 15 is 0 Å². The summed E-state index contributed by atoms with van der Waals surface area (Å²) in [6.07, 6.45) is 3.45. The van der Waals surface area contributed by atoms with Crippen LogP contribution in [0.2, 0.25) is 0 Å². The molecular formula is C44H73O16P. The SMILES string of the molecule is CCC(C(=O)[C@H](C)[C@H](OC(=O)COP(=O)(O)O)[C@@H](C)[C@H]1OC([C@H](CC)C(=O)O)CC[C@H]1C)[C@H]1O[C@@]2(C=C[C@@H](O)[C@@]3(CC[C@@](C)([C@H]4CC[C@](O)(CC)[C@H](C)O4)O3)O2)[C@H](C)C[C@@H]1C. The number of phosphoric acid groups is 1. The second-order valence-corrected chi connectivity index (χ2v) is 20.4. The number of carbonyl (C=O) groups is 3. The molecule has 61 heavy (non-hydrogen) atoms. The van der Waals surface area contributed by atoms with Crippen LogP contribution < -0.4 is 0 Å². The lowest BCUT2D eigenvalue weighted by Crippen LogP contribution is -2.63. The van der Waals surface area contributed by atoms with Gasteiger partial charge < -0.3 is 53.5 Å². The lowest BCUT2D eigenvalue weighted by molar-refractivity contribution is -0.409. The Kier molecular flexibility index (Phi) is 15.9. The van der Waals surface area contributed by atoms with Crippen molar-refractivity contribution < 1.29 is 77.0 Å². The fourth-order valence-corrected chi connectivity index (χ4v) is 11.3. The number of ether oxygens (including phenoxy) is 6. The Bertz CT molecular complexity index is 1640. The molecule has 5 aliphatic rings. The lowest BCUT2D eigenvalue weighted by Gasteiger charge is -2.54. The third kappa shape index (κ3) is 10.5. The van der Waals surface area contributed by atoms with Crippen molar-refractivity contribution in [3.05, 3.63) is 12.2 Å². The maximum Gasteiger partial charge on any atom is 0.470 e. The summed E-state index contributed by atoms with van der Waals surface area (Å²) in [5, 5.41) is 32.5. The zero-order valence-electron chi connectivity index (χ0n) is 37.7. The minimum Gasteiger partial charge on any atom is -0.481 e. The van der Waals surface area contributed by atoms with E-state index in [1.54, 1.807) is 32.9 Å². The average Bonchev–Trinajstić information content (AvgIpc) is 3.54. The summed E-state index contributed by atoms with van der Waals surface area (Å²) in [6, 6.07) is 0. The number of aliphatic hydroxyl groups is 2. The van der Waals surface area contributed by atoms with Crippen molar-refractivity contribution in [1.29, 1.82) is 0 Å². The fourth-order valence-electron chi connectivity index (χ4n) is 11.0. The molecule has 4 fully saturated rings. The lowest BCUT2D eigenvalue weighted by atomic mass is 9.72. The Morgan fingerprint density at radius 1 is 0.902 bits per heavy atom. The van der Waals surface area contributed by atoms with Crippen LogP contribution in [0.3, 0.4) is 0 Å². The van der Waals surface area contributed by atoms with Crippen LogP contribution in [0.4, 0.5) is 0 Å². The van der Waals surface area contributed by atoms with Crippen molar-refractivity contribution in [1.82, 2.24) is 0 Å². The van der Waals surface area contributed by atoms with Crippen LogP contribution in [0.15, 0.2) is 12.2 Å². The molecule has 0 saturated carbocycles. The van der Waals surface area contributed by atoms with Crippen molar-refractivity contribution in [2.24, 2.45) is 41.4 Å². The Morgan fingerprint density at radius 3 is 2.16 bits per heavy atom. The topological polar surface area (TPSA) is 234 Å². The Balaban J connectivity index is 1.40. The molecule has 2 unspecified atom stereocenters. The molecule has 17 heteroatoms. The minimum atomic E-state index is -5.03. The number of hydrogen-bond donors (Lipinski definition) is 5. The molecule has 0 radical (unpaired) electrons. The van der Waals surface area contributed by atoms with Gasteiger partial charge in [0.15, 0.2) is 12.4 Å². The van der Waals surface area contributed by atoms with E-state index in [9.17, 15) is 44.1 Å². The van der Waals surface area contributed by atoms with E-state index in [-0.39, 0.29) is 29.6 Å². The number of esters is 1. The van der Waals surface area contributed by atoms with Gasteiger partial charge in [-0.2, -0.15) is 0 Å². The monoisotopic (exact) mass is 888 g/mol. The summed E-state index contributed by atoms with van der Waals surface area (Å²) in [4.78, 5) is 58.8. The van der Waals surface area contributed by atoms with Gasteiger partial charge in [0, 0.05) is 24.2 Å². The number of ketones is 1.